The molecule has 0 atom stereocenters. The number of amides is 12. The first-order valence-corrected chi connectivity index (χ1v) is 18.9. The first-order chi connectivity index (χ1) is 30.4. The van der Waals surface area contributed by atoms with E-state index in [1.807, 2.05) is 0 Å². The molecule has 2 N–H and O–H groups in total. The second kappa shape index (κ2) is 14.1. The Bertz CT molecular complexity index is 2880. The molecule has 0 spiro atoms. The molecule has 0 aromatic heterocycles. The first kappa shape index (κ1) is 37.9. The summed E-state index contributed by atoms with van der Waals surface area (Å²) in [6.45, 7) is 0. The average Bonchev–Trinajstić information content (AvgIpc) is 3.90. The third kappa shape index (κ3) is 5.94. The van der Waals surface area contributed by atoms with Gasteiger partial charge in [0.05, 0.1) is 55.9 Å². The van der Waals surface area contributed by atoms with E-state index in [2.05, 4.69) is 10.6 Å². The lowest BCUT2D eigenvalue weighted by Crippen LogP contribution is -2.39. The molecule has 12 amide bonds. The van der Waals surface area contributed by atoms with Gasteiger partial charge in [0.25, 0.3) is 47.3 Å². The van der Waals surface area contributed by atoms with Gasteiger partial charge in [-0.25, -0.2) is 19.4 Å². The van der Waals surface area contributed by atoms with E-state index in [0.717, 1.165) is 9.80 Å². The van der Waals surface area contributed by atoms with E-state index in [-0.39, 0.29) is 67.3 Å². The summed E-state index contributed by atoms with van der Waals surface area (Å²) < 4.78 is 5.94. The molecule has 10 rings (SSSR count). The predicted molar refractivity (Wildman–Crippen MR) is 220 cm³/mol. The zero-order chi connectivity index (χ0) is 43.8. The molecular formula is C46H24N6O11. The molecule has 63 heavy (non-hydrogen) atoms. The van der Waals surface area contributed by atoms with Crippen LogP contribution in [0.25, 0.3) is 0 Å². The Morgan fingerprint density at radius 2 is 0.651 bits per heavy atom. The Labute approximate surface area is 353 Å². The fourth-order valence-electron chi connectivity index (χ4n) is 7.67. The van der Waals surface area contributed by atoms with E-state index in [4.69, 9.17) is 4.74 Å². The number of nitrogens with one attached hydrogen (secondary N) is 2. The van der Waals surface area contributed by atoms with Gasteiger partial charge in [0.1, 0.15) is 11.5 Å². The van der Waals surface area contributed by atoms with Gasteiger partial charge in [0, 0.05) is 11.4 Å². The highest BCUT2D eigenvalue weighted by Crippen LogP contribution is 2.35. The molecule has 0 saturated heterocycles. The predicted octanol–water partition coefficient (Wildman–Crippen LogP) is 6.74. The molecule has 0 aliphatic carbocycles. The fraction of sp³-hybridized carbons (Fsp3) is 0. The second-order valence-corrected chi connectivity index (χ2v) is 14.3. The van der Waals surface area contributed by atoms with Gasteiger partial charge in [-0.3, -0.25) is 38.4 Å². The van der Waals surface area contributed by atoms with Gasteiger partial charge >= 0.3 is 12.1 Å². The number of imide groups is 8. The molecule has 0 fully saturated rings. The number of benzene rings is 6. The van der Waals surface area contributed by atoms with Crippen molar-refractivity contribution in [2.75, 3.05) is 20.4 Å². The van der Waals surface area contributed by atoms with Gasteiger partial charge in [-0.05, 0) is 109 Å². The van der Waals surface area contributed by atoms with Gasteiger partial charge in [0.2, 0.25) is 0 Å². The molecule has 4 heterocycles. The van der Waals surface area contributed by atoms with Gasteiger partial charge in [-0.15, -0.1) is 0 Å². The topological polar surface area (TPSA) is 217 Å². The minimum Gasteiger partial charge on any atom is -0.457 e. The van der Waals surface area contributed by atoms with E-state index < -0.39 is 59.3 Å². The maximum Gasteiger partial charge on any atom is 0.336 e. The standard InChI is InChI=1S/C46H24N6O11/c53-37-33-19-9-23(47-45(61)51-39(55)29-5-1-2-6-30(29)40(51)56)21-35(33)43(59)49(37)25-11-15-27(16-12-25)63-28-17-13-26(14-18-28)50-38(54)34-20-10-24(22-36(34)44(50)60)48-46(62)52-41(57)31-7-3-4-8-32(31)42(52)58/h1-22H,(H,47,61)(H,48,62). The lowest BCUT2D eigenvalue weighted by Gasteiger charge is -2.16. The second-order valence-electron chi connectivity index (χ2n) is 14.3. The van der Waals surface area contributed by atoms with E-state index in [1.165, 1.54) is 109 Å². The summed E-state index contributed by atoms with van der Waals surface area (Å²) >= 11 is 0. The quantitative estimate of drug-likeness (QED) is 0.168. The molecule has 0 radical (unpaired) electrons. The maximum atomic E-state index is 13.5. The van der Waals surface area contributed by atoms with Crippen molar-refractivity contribution in [3.05, 3.63) is 178 Å². The van der Waals surface area contributed by atoms with Crippen molar-refractivity contribution in [3.63, 3.8) is 0 Å². The third-order valence-electron chi connectivity index (χ3n) is 10.7. The van der Waals surface area contributed by atoms with Crippen LogP contribution in [-0.2, 0) is 0 Å². The molecule has 6 aromatic carbocycles. The number of urea groups is 2. The zero-order valence-corrected chi connectivity index (χ0v) is 32.0. The summed E-state index contributed by atoms with van der Waals surface area (Å²) in [5, 5.41) is 4.91. The molecule has 0 bridgehead atoms. The van der Waals surface area contributed by atoms with Crippen LogP contribution in [0.15, 0.2) is 133 Å². The maximum absolute atomic E-state index is 13.5. The highest BCUT2D eigenvalue weighted by Gasteiger charge is 2.43. The summed E-state index contributed by atoms with van der Waals surface area (Å²) in [4.78, 5) is 134. The summed E-state index contributed by atoms with van der Waals surface area (Å²) in [7, 11) is 0. The molecule has 0 saturated carbocycles. The minimum atomic E-state index is -1.02. The van der Waals surface area contributed by atoms with Crippen LogP contribution >= 0.6 is 0 Å². The smallest absolute Gasteiger partial charge is 0.336 e. The summed E-state index contributed by atoms with van der Waals surface area (Å²) in [6.07, 6.45) is 0. The van der Waals surface area contributed by atoms with Crippen molar-refractivity contribution < 1.29 is 52.7 Å². The van der Waals surface area contributed by atoms with Crippen LogP contribution in [0.3, 0.4) is 0 Å². The number of fused-ring (bicyclic) bond motifs is 4. The number of nitrogens with zero attached hydrogens (tertiary/aromatic N) is 4. The van der Waals surface area contributed by atoms with Crippen LogP contribution in [-0.4, -0.2) is 69.1 Å². The number of hydrogen-bond acceptors (Lipinski definition) is 11. The molecule has 4 aliphatic heterocycles. The minimum absolute atomic E-state index is 0.00889. The normalized spacial score (nSPS) is 14.9. The van der Waals surface area contributed by atoms with E-state index in [9.17, 15) is 47.9 Å². The van der Waals surface area contributed by atoms with Gasteiger partial charge in [-0.2, -0.15) is 9.80 Å². The lowest BCUT2D eigenvalue weighted by molar-refractivity contribution is 0.0694. The first-order valence-electron chi connectivity index (χ1n) is 18.9. The molecule has 17 heteroatoms. The Balaban J connectivity index is 0.779. The van der Waals surface area contributed by atoms with Crippen molar-refractivity contribution in [3.8, 4) is 11.5 Å². The summed E-state index contributed by atoms with van der Waals surface area (Å²) in [5.41, 5.74) is 1.09. The van der Waals surface area contributed by atoms with Crippen molar-refractivity contribution in [2.24, 2.45) is 0 Å². The van der Waals surface area contributed by atoms with Gasteiger partial charge < -0.3 is 15.4 Å². The van der Waals surface area contributed by atoms with Crippen molar-refractivity contribution >= 4 is 82.1 Å². The molecule has 0 unspecified atom stereocenters. The van der Waals surface area contributed by atoms with Crippen LogP contribution in [0.2, 0.25) is 0 Å². The lowest BCUT2D eigenvalue weighted by atomic mass is 10.1. The number of anilines is 4. The van der Waals surface area contributed by atoms with Crippen LogP contribution in [0, 0.1) is 0 Å². The Morgan fingerprint density at radius 3 is 0.984 bits per heavy atom. The average molecular weight is 837 g/mol. The van der Waals surface area contributed by atoms with Crippen molar-refractivity contribution in [1.82, 2.24) is 9.80 Å². The largest absolute Gasteiger partial charge is 0.457 e. The van der Waals surface area contributed by atoms with E-state index >= 15 is 0 Å². The highest BCUT2D eigenvalue weighted by molar-refractivity contribution is 6.36. The van der Waals surface area contributed by atoms with Crippen molar-refractivity contribution in [2.45, 2.75) is 0 Å². The molecule has 6 aromatic rings. The fourth-order valence-corrected chi connectivity index (χ4v) is 7.67. The Kier molecular flexibility index (Phi) is 8.49. The Hall–Kier alpha value is -9.38. The van der Waals surface area contributed by atoms with Crippen LogP contribution in [0.1, 0.15) is 82.9 Å². The van der Waals surface area contributed by atoms with Crippen LogP contribution in [0.5, 0.6) is 11.5 Å². The summed E-state index contributed by atoms with van der Waals surface area (Å²) in [5.74, 6) is -5.09. The molecule has 4 aliphatic rings. The monoisotopic (exact) mass is 836 g/mol. The summed E-state index contributed by atoms with van der Waals surface area (Å²) in [6, 6.07) is 30.1. The Morgan fingerprint density at radius 1 is 0.349 bits per heavy atom. The molecule has 304 valence electrons. The SMILES string of the molecule is O=C(Nc1ccc2c(c1)C(=O)N(c1ccc(Oc3ccc(N4C(=O)c5ccc(NC(=O)N6C(=O)c7ccccc7C6=O)cc5C4=O)cc3)cc1)C2=O)N1C(=O)c2ccccc2C1=O. The van der Waals surface area contributed by atoms with Crippen LogP contribution in [0.4, 0.5) is 32.3 Å². The molecule has 17 nitrogen and oxygen atoms in total. The van der Waals surface area contributed by atoms with Crippen molar-refractivity contribution in [1.29, 1.82) is 0 Å². The number of carbonyl (C=O) groups is 10. The third-order valence-corrected chi connectivity index (χ3v) is 10.7. The number of rotatable bonds is 6. The number of carbonyl (C=O) groups excluding carboxylic acids is 10. The van der Waals surface area contributed by atoms with Crippen LogP contribution < -0.4 is 25.2 Å². The van der Waals surface area contributed by atoms with E-state index in [0.29, 0.717) is 21.3 Å². The van der Waals surface area contributed by atoms with Gasteiger partial charge in [-0.1, -0.05) is 24.3 Å². The number of hydrogen-bond donors (Lipinski definition) is 2. The highest BCUT2D eigenvalue weighted by atomic mass is 16.5. The zero-order valence-electron chi connectivity index (χ0n) is 32.0. The van der Waals surface area contributed by atoms with E-state index in [1.54, 1.807) is 24.3 Å². The van der Waals surface area contributed by atoms with Gasteiger partial charge in [0.15, 0.2) is 0 Å². The molecular weight excluding hydrogens is 813 g/mol. The number of ether oxygens (including phenoxy) is 1.